The molecule has 0 aliphatic carbocycles. The number of carbonyl (C=O) groups is 4. The van der Waals surface area contributed by atoms with Gasteiger partial charge in [-0.3, -0.25) is 14.4 Å². The highest BCUT2D eigenvalue weighted by atomic mass is 28.3. The lowest BCUT2D eigenvalue weighted by Gasteiger charge is -2.43. The molecule has 0 saturated heterocycles. The molecule has 13 heteroatoms. The van der Waals surface area contributed by atoms with Gasteiger partial charge in [0.2, 0.25) is 11.8 Å². The van der Waals surface area contributed by atoms with Crippen LogP contribution in [-0.4, -0.2) is 77.6 Å². The molecule has 0 fully saturated rings. The second kappa shape index (κ2) is 22.5. The fourth-order valence-corrected chi connectivity index (χ4v) is 7.33. The Bertz CT molecular complexity index is 1360. The summed E-state index contributed by atoms with van der Waals surface area (Å²) in [4.78, 5) is 53.5. The lowest BCUT2D eigenvalue weighted by atomic mass is 9.67. The highest BCUT2D eigenvalue weighted by Crippen LogP contribution is 2.40. The molecule has 0 aliphatic heterocycles. The summed E-state index contributed by atoms with van der Waals surface area (Å²) in [6.07, 6.45) is 1.29. The average Bonchev–Trinajstić information content (AvgIpc) is 3.03. The fraction of sp³-hybridized carbons (Fsp3) is 0.762. The van der Waals surface area contributed by atoms with Crippen molar-refractivity contribution >= 4 is 32.9 Å². The highest BCUT2D eigenvalue weighted by Gasteiger charge is 2.42. The molecule has 0 saturated carbocycles. The zero-order chi connectivity index (χ0) is 42.3. The summed E-state index contributed by atoms with van der Waals surface area (Å²) in [6, 6.07) is 6.72. The molecule has 1 aromatic carbocycles. The molecule has 1 rings (SSSR count). The monoisotopic (exact) mass is 793 g/mol. The second-order valence-electron chi connectivity index (χ2n) is 18.5. The molecule has 1 unspecified atom stereocenters. The predicted octanol–water partition coefficient (Wildman–Crippen LogP) is 7.06. The van der Waals surface area contributed by atoms with Crippen LogP contribution in [0.3, 0.4) is 0 Å². The molecule has 0 aliphatic rings. The van der Waals surface area contributed by atoms with Gasteiger partial charge in [-0.25, -0.2) is 4.79 Å². The summed E-state index contributed by atoms with van der Waals surface area (Å²) < 4.78 is 23.6. The summed E-state index contributed by atoms with van der Waals surface area (Å²) in [5, 5.41) is 9.42. The Hall–Kier alpha value is -3.16. The van der Waals surface area contributed by atoms with Crippen molar-refractivity contribution < 1.29 is 37.8 Å². The molecular weight excluding hydrogens is 717 g/mol. The van der Waals surface area contributed by atoms with Crippen LogP contribution in [0.4, 0.5) is 4.79 Å². The Morgan fingerprint density at radius 1 is 0.836 bits per heavy atom. The Kier molecular flexibility index (Phi) is 20.4. The third-order valence-electron chi connectivity index (χ3n) is 9.92. The van der Waals surface area contributed by atoms with Crippen molar-refractivity contribution in [3.05, 3.63) is 29.8 Å². The smallest absolute Gasteiger partial charge is 0.407 e. The molecule has 316 valence electrons. The normalized spacial score (nSPS) is 15.2. The molecule has 0 bridgehead atoms. The highest BCUT2D eigenvalue weighted by molar-refractivity contribution is 6.48. The molecule has 4 amide bonds. The van der Waals surface area contributed by atoms with E-state index in [2.05, 4.69) is 63.7 Å². The van der Waals surface area contributed by atoms with Crippen molar-refractivity contribution in [3.63, 3.8) is 0 Å². The summed E-state index contributed by atoms with van der Waals surface area (Å²) in [5.74, 6) is -1.40. The summed E-state index contributed by atoms with van der Waals surface area (Å²) >= 11 is 0. The van der Waals surface area contributed by atoms with E-state index in [-0.39, 0.29) is 47.4 Å². The number of ether oxygens (including phenoxy) is 3. The number of rotatable bonds is 23. The predicted molar refractivity (Wildman–Crippen MR) is 222 cm³/mol. The van der Waals surface area contributed by atoms with Crippen molar-refractivity contribution in [2.24, 2.45) is 46.2 Å². The number of benzene rings is 1. The van der Waals surface area contributed by atoms with Crippen molar-refractivity contribution in [1.29, 1.82) is 0 Å². The van der Waals surface area contributed by atoms with Gasteiger partial charge >= 0.3 is 6.09 Å². The fourth-order valence-electron chi connectivity index (χ4n) is 6.48. The van der Waals surface area contributed by atoms with Gasteiger partial charge in [-0.1, -0.05) is 60.6 Å². The van der Waals surface area contributed by atoms with Gasteiger partial charge in [0.25, 0.3) is 5.91 Å². The number of nitrogens with two attached hydrogens (primary N) is 1. The first-order chi connectivity index (χ1) is 25.3. The van der Waals surface area contributed by atoms with Gasteiger partial charge in [0.1, 0.15) is 17.6 Å². The number of primary amides is 1. The van der Waals surface area contributed by atoms with Crippen LogP contribution in [-0.2, 0) is 23.5 Å². The molecular formula is C42H76N4O8Si. The standard InChI is InChI=1S/C42H76N4O8Si/c1-27(2)30(35(47)44-26-42(11,12)38(43)49)24-32(40(5,6)7)33(45-39(50)53-41(8,9)10)25-31(28(3)4)37(54-55(14)15)46-36(48)29-20-16-17-21-34(29)52-23-19-18-22-51-13/h16-17,20-21,27-28,30-33,37,55H,18-19,22-26H2,1-15H3,(H2,43,49)(H,44,47)(H,45,50)(H,46,48)/t30-,31-,32+,33-,37?/m0/s1. The first-order valence-electron chi connectivity index (χ1n) is 20.0. The van der Waals surface area contributed by atoms with Crippen LogP contribution in [0.2, 0.25) is 13.1 Å². The van der Waals surface area contributed by atoms with E-state index in [0.29, 0.717) is 37.4 Å². The number of carbonyl (C=O) groups excluding carboxylic acids is 4. The lowest BCUT2D eigenvalue weighted by Crippen LogP contribution is -2.53. The van der Waals surface area contributed by atoms with Gasteiger partial charge in [-0.2, -0.15) is 0 Å². The van der Waals surface area contributed by atoms with Crippen LogP contribution in [0.25, 0.3) is 0 Å². The number of nitrogens with one attached hydrogen (secondary N) is 3. The first-order valence-corrected chi connectivity index (χ1v) is 22.8. The lowest BCUT2D eigenvalue weighted by molar-refractivity contribution is -0.129. The van der Waals surface area contributed by atoms with E-state index in [9.17, 15) is 19.2 Å². The Labute approximate surface area is 334 Å². The summed E-state index contributed by atoms with van der Waals surface area (Å²) in [6.45, 7) is 28.7. The zero-order valence-electron chi connectivity index (χ0n) is 36.7. The van der Waals surface area contributed by atoms with Crippen LogP contribution >= 0.6 is 0 Å². The number of alkyl carbamates (subject to hydrolysis) is 1. The maximum atomic E-state index is 14.1. The minimum Gasteiger partial charge on any atom is -0.493 e. The van der Waals surface area contributed by atoms with Crippen LogP contribution < -0.4 is 26.4 Å². The van der Waals surface area contributed by atoms with Gasteiger partial charge < -0.3 is 40.3 Å². The first kappa shape index (κ1) is 49.9. The maximum Gasteiger partial charge on any atom is 0.407 e. The van der Waals surface area contributed by atoms with Gasteiger partial charge in [-0.15, -0.1) is 0 Å². The molecule has 0 spiro atoms. The van der Waals surface area contributed by atoms with E-state index in [1.54, 1.807) is 33.1 Å². The number of methoxy groups -OCH3 is 1. The third kappa shape index (κ3) is 18.1. The Morgan fingerprint density at radius 3 is 1.95 bits per heavy atom. The van der Waals surface area contributed by atoms with Crippen molar-refractivity contribution in [3.8, 4) is 5.75 Å². The molecule has 5 N–H and O–H groups in total. The van der Waals surface area contributed by atoms with Crippen LogP contribution in [0.1, 0.15) is 119 Å². The van der Waals surface area contributed by atoms with Crippen molar-refractivity contribution in [1.82, 2.24) is 16.0 Å². The molecule has 55 heavy (non-hydrogen) atoms. The molecule has 5 atom stereocenters. The molecule has 0 heterocycles. The molecule has 1 aromatic rings. The Morgan fingerprint density at radius 2 is 1.44 bits per heavy atom. The van der Waals surface area contributed by atoms with Gasteiger partial charge in [0, 0.05) is 38.1 Å². The Balaban J connectivity index is 3.66. The number of hydrogen-bond donors (Lipinski definition) is 4. The van der Waals surface area contributed by atoms with E-state index < -0.39 is 50.2 Å². The quantitative estimate of drug-likeness (QED) is 0.0520. The van der Waals surface area contributed by atoms with E-state index in [4.69, 9.17) is 24.4 Å². The summed E-state index contributed by atoms with van der Waals surface area (Å²) in [5.41, 5.74) is 3.98. The van der Waals surface area contributed by atoms with Gasteiger partial charge in [0.15, 0.2) is 9.04 Å². The molecule has 12 nitrogen and oxygen atoms in total. The maximum absolute atomic E-state index is 14.1. The number of unbranched alkanes of at least 4 members (excludes halogenated alkanes) is 1. The van der Waals surface area contributed by atoms with Crippen molar-refractivity contribution in [2.45, 2.75) is 140 Å². The number of para-hydroxylation sites is 1. The third-order valence-corrected chi connectivity index (χ3v) is 10.8. The number of amides is 4. The molecule has 0 radical (unpaired) electrons. The minimum atomic E-state index is -1.72. The largest absolute Gasteiger partial charge is 0.493 e. The second-order valence-corrected chi connectivity index (χ2v) is 20.9. The molecule has 0 aromatic heterocycles. The SMILES string of the molecule is COCCCCOc1ccccc1C(=O)NC(O[SiH](C)C)[C@@H](C[C@H](NC(=O)OC(C)(C)C)[C@@H](C[C@H](C(=O)NCC(C)(C)C(N)=O)C(C)C)C(C)(C)C)C(C)C. The minimum absolute atomic E-state index is 0.0223. The zero-order valence-corrected chi connectivity index (χ0v) is 37.9. The van der Waals surface area contributed by atoms with E-state index in [1.807, 2.05) is 46.8 Å². The average molecular weight is 793 g/mol. The summed E-state index contributed by atoms with van der Waals surface area (Å²) in [7, 11) is -0.0501. The van der Waals surface area contributed by atoms with Gasteiger partial charge in [-0.05, 0) is 109 Å². The van der Waals surface area contributed by atoms with Gasteiger partial charge in [0.05, 0.1) is 17.6 Å². The van der Waals surface area contributed by atoms with E-state index >= 15 is 0 Å². The topological polar surface area (TPSA) is 167 Å². The van der Waals surface area contributed by atoms with Crippen LogP contribution in [0, 0.1) is 40.4 Å². The van der Waals surface area contributed by atoms with E-state index in [1.165, 1.54) is 0 Å². The number of hydrogen-bond acceptors (Lipinski definition) is 8. The van der Waals surface area contributed by atoms with Crippen LogP contribution in [0.5, 0.6) is 5.75 Å². The van der Waals surface area contributed by atoms with Crippen LogP contribution in [0.15, 0.2) is 24.3 Å². The van der Waals surface area contributed by atoms with E-state index in [0.717, 1.165) is 12.8 Å². The van der Waals surface area contributed by atoms with Crippen molar-refractivity contribution in [2.75, 3.05) is 26.9 Å².